The molecule has 0 saturated heterocycles. The minimum Gasteiger partial charge on any atom is -0.462 e. The highest BCUT2D eigenvalue weighted by atomic mass is 32.2. The molecule has 6 nitrogen and oxygen atoms in total. The standard InChI is InChI=1S/C14H22N2O4S/c1-6-19-13(18)10-7-15-16(5)11(10)8-21-9-12(17)20-14(2,3)4/h7H,6,8-9H2,1-5H3. The van der Waals surface area contributed by atoms with Crippen molar-refractivity contribution in [2.24, 2.45) is 7.05 Å². The third-order valence-corrected chi connectivity index (χ3v) is 3.35. The number of ether oxygens (including phenoxy) is 2. The summed E-state index contributed by atoms with van der Waals surface area (Å²) in [4.78, 5) is 23.4. The van der Waals surface area contributed by atoms with E-state index >= 15 is 0 Å². The van der Waals surface area contributed by atoms with Gasteiger partial charge in [-0.25, -0.2) is 4.79 Å². The molecule has 0 fully saturated rings. The van der Waals surface area contributed by atoms with Crippen LogP contribution in [0.15, 0.2) is 6.20 Å². The summed E-state index contributed by atoms with van der Waals surface area (Å²) < 4.78 is 11.8. The molecule has 1 rings (SSSR count). The maximum atomic E-state index is 11.8. The number of hydrogen-bond donors (Lipinski definition) is 0. The lowest BCUT2D eigenvalue weighted by atomic mass is 10.2. The maximum Gasteiger partial charge on any atom is 0.341 e. The van der Waals surface area contributed by atoms with E-state index in [1.807, 2.05) is 20.8 Å². The van der Waals surface area contributed by atoms with Gasteiger partial charge in [0.25, 0.3) is 0 Å². The fourth-order valence-electron chi connectivity index (χ4n) is 1.62. The van der Waals surface area contributed by atoms with Gasteiger partial charge in [-0.15, -0.1) is 11.8 Å². The molecular formula is C14H22N2O4S. The van der Waals surface area contributed by atoms with Crippen LogP contribution in [0.25, 0.3) is 0 Å². The van der Waals surface area contributed by atoms with Crippen molar-refractivity contribution in [3.8, 4) is 0 Å². The van der Waals surface area contributed by atoms with Gasteiger partial charge >= 0.3 is 11.9 Å². The monoisotopic (exact) mass is 314 g/mol. The van der Waals surface area contributed by atoms with Gasteiger partial charge in [0.15, 0.2) is 0 Å². The molecule has 118 valence electrons. The van der Waals surface area contributed by atoms with E-state index in [0.717, 1.165) is 5.69 Å². The zero-order valence-corrected chi connectivity index (χ0v) is 14.0. The average Bonchev–Trinajstić information content (AvgIpc) is 2.69. The summed E-state index contributed by atoms with van der Waals surface area (Å²) in [6.45, 7) is 7.56. The van der Waals surface area contributed by atoms with Gasteiger partial charge in [0, 0.05) is 12.8 Å². The maximum absolute atomic E-state index is 11.8. The Bertz CT molecular complexity index is 506. The van der Waals surface area contributed by atoms with E-state index in [2.05, 4.69) is 5.10 Å². The number of hydrogen-bond acceptors (Lipinski definition) is 6. The molecule has 0 N–H and O–H groups in total. The Labute approximate surface area is 129 Å². The first kappa shape index (κ1) is 17.6. The molecule has 0 aliphatic heterocycles. The molecule has 0 aliphatic carbocycles. The minimum absolute atomic E-state index is 0.227. The van der Waals surface area contributed by atoms with Crippen LogP contribution in [0.2, 0.25) is 0 Å². The van der Waals surface area contributed by atoms with Crippen molar-refractivity contribution in [2.75, 3.05) is 12.4 Å². The lowest BCUT2D eigenvalue weighted by Crippen LogP contribution is -2.25. The number of esters is 2. The van der Waals surface area contributed by atoms with Crippen molar-refractivity contribution in [1.82, 2.24) is 9.78 Å². The smallest absolute Gasteiger partial charge is 0.341 e. The summed E-state index contributed by atoms with van der Waals surface area (Å²) >= 11 is 1.38. The molecule has 21 heavy (non-hydrogen) atoms. The fourth-order valence-corrected chi connectivity index (χ4v) is 2.48. The van der Waals surface area contributed by atoms with Crippen LogP contribution in [0.1, 0.15) is 43.7 Å². The van der Waals surface area contributed by atoms with E-state index in [1.165, 1.54) is 18.0 Å². The Morgan fingerprint density at radius 3 is 2.62 bits per heavy atom. The molecule has 0 bridgehead atoms. The second-order valence-electron chi connectivity index (χ2n) is 5.43. The molecule has 1 aromatic heterocycles. The Balaban J connectivity index is 2.58. The summed E-state index contributed by atoms with van der Waals surface area (Å²) in [5.41, 5.74) is 0.693. The van der Waals surface area contributed by atoms with E-state index in [0.29, 0.717) is 17.9 Å². The first-order chi connectivity index (χ1) is 9.74. The number of carbonyl (C=O) groups is 2. The predicted octanol–water partition coefficient (Wildman–Crippen LogP) is 2.17. The van der Waals surface area contributed by atoms with Crippen LogP contribution < -0.4 is 0 Å². The summed E-state index contributed by atoms with van der Waals surface area (Å²) in [5.74, 6) is 0.0556. The molecule has 0 atom stereocenters. The van der Waals surface area contributed by atoms with Crippen LogP contribution in [0.5, 0.6) is 0 Å². The van der Waals surface area contributed by atoms with E-state index < -0.39 is 11.6 Å². The second-order valence-corrected chi connectivity index (χ2v) is 6.41. The third kappa shape index (κ3) is 5.79. The summed E-state index contributed by atoms with van der Waals surface area (Å²) in [6.07, 6.45) is 1.49. The molecule has 7 heteroatoms. The van der Waals surface area contributed by atoms with E-state index in [4.69, 9.17) is 9.47 Å². The van der Waals surface area contributed by atoms with Crippen molar-refractivity contribution >= 4 is 23.7 Å². The molecule has 0 amide bonds. The van der Waals surface area contributed by atoms with E-state index in [-0.39, 0.29) is 11.7 Å². The molecule has 0 unspecified atom stereocenters. The third-order valence-electron chi connectivity index (χ3n) is 2.44. The SMILES string of the molecule is CCOC(=O)c1cnn(C)c1CSCC(=O)OC(C)(C)C. The highest BCUT2D eigenvalue weighted by Crippen LogP contribution is 2.18. The number of aromatic nitrogens is 2. The lowest BCUT2D eigenvalue weighted by molar-refractivity contribution is -0.151. The average molecular weight is 314 g/mol. The van der Waals surface area contributed by atoms with Gasteiger partial charge < -0.3 is 9.47 Å². The molecule has 0 aromatic carbocycles. The number of rotatable bonds is 6. The van der Waals surface area contributed by atoms with Gasteiger partial charge in [0.1, 0.15) is 11.2 Å². The first-order valence-electron chi connectivity index (χ1n) is 6.72. The predicted molar refractivity (Wildman–Crippen MR) is 81.2 cm³/mol. The Morgan fingerprint density at radius 2 is 2.05 bits per heavy atom. The zero-order valence-electron chi connectivity index (χ0n) is 13.1. The van der Waals surface area contributed by atoms with Gasteiger partial charge in [-0.1, -0.05) is 0 Å². The summed E-state index contributed by atoms with van der Waals surface area (Å²) in [6, 6.07) is 0. The molecule has 0 radical (unpaired) electrons. The first-order valence-corrected chi connectivity index (χ1v) is 7.87. The van der Waals surface area contributed by atoms with E-state index in [9.17, 15) is 9.59 Å². The Hall–Kier alpha value is -1.50. The van der Waals surface area contributed by atoms with Gasteiger partial charge in [-0.2, -0.15) is 5.10 Å². The quantitative estimate of drug-likeness (QED) is 0.750. The lowest BCUT2D eigenvalue weighted by Gasteiger charge is -2.19. The zero-order chi connectivity index (χ0) is 16.0. The normalized spacial score (nSPS) is 11.3. The van der Waals surface area contributed by atoms with Gasteiger partial charge in [0.2, 0.25) is 0 Å². The van der Waals surface area contributed by atoms with Gasteiger partial charge in [-0.05, 0) is 27.7 Å². The number of thioether (sulfide) groups is 1. The topological polar surface area (TPSA) is 70.4 Å². The Kier molecular flexibility index (Phi) is 6.26. The minimum atomic E-state index is -0.486. The van der Waals surface area contributed by atoms with Crippen LogP contribution >= 0.6 is 11.8 Å². The van der Waals surface area contributed by atoms with Crippen molar-refractivity contribution in [3.63, 3.8) is 0 Å². The second kappa shape index (κ2) is 7.49. The van der Waals surface area contributed by atoms with Gasteiger partial charge in [0.05, 0.1) is 24.3 Å². The number of aryl methyl sites for hydroxylation is 1. The van der Waals surface area contributed by atoms with E-state index in [1.54, 1.807) is 18.7 Å². The number of carbonyl (C=O) groups excluding carboxylic acids is 2. The fraction of sp³-hybridized carbons (Fsp3) is 0.643. The molecule has 0 spiro atoms. The largest absolute Gasteiger partial charge is 0.462 e. The van der Waals surface area contributed by atoms with Crippen molar-refractivity contribution in [3.05, 3.63) is 17.5 Å². The molecule has 1 aromatic rings. The highest BCUT2D eigenvalue weighted by Gasteiger charge is 2.19. The number of nitrogens with zero attached hydrogens (tertiary/aromatic N) is 2. The summed E-state index contributed by atoms with van der Waals surface area (Å²) in [7, 11) is 1.76. The van der Waals surface area contributed by atoms with Crippen LogP contribution in [-0.4, -0.2) is 39.7 Å². The highest BCUT2D eigenvalue weighted by molar-refractivity contribution is 7.99. The van der Waals surface area contributed by atoms with Crippen LogP contribution in [0.4, 0.5) is 0 Å². The molecule has 0 aliphatic rings. The van der Waals surface area contributed by atoms with Crippen molar-refractivity contribution in [1.29, 1.82) is 0 Å². The summed E-state index contributed by atoms with van der Waals surface area (Å²) in [5, 5.41) is 4.06. The van der Waals surface area contributed by atoms with Crippen LogP contribution in [0, 0.1) is 0 Å². The molecular weight excluding hydrogens is 292 g/mol. The molecule has 0 saturated carbocycles. The van der Waals surface area contributed by atoms with Crippen LogP contribution in [-0.2, 0) is 27.1 Å². The molecule has 1 heterocycles. The van der Waals surface area contributed by atoms with Crippen molar-refractivity contribution < 1.29 is 19.1 Å². The van der Waals surface area contributed by atoms with Crippen LogP contribution in [0.3, 0.4) is 0 Å². The Morgan fingerprint density at radius 1 is 1.38 bits per heavy atom. The van der Waals surface area contributed by atoms with Gasteiger partial charge in [-0.3, -0.25) is 9.48 Å². The van der Waals surface area contributed by atoms with Crippen molar-refractivity contribution in [2.45, 2.75) is 39.0 Å².